The Balaban J connectivity index is 1.69. The van der Waals surface area contributed by atoms with Gasteiger partial charge in [-0.2, -0.15) is 0 Å². The van der Waals surface area contributed by atoms with Gasteiger partial charge in [0.05, 0.1) is 5.56 Å². The molecule has 0 N–H and O–H groups in total. The number of benzene rings is 1. The van der Waals surface area contributed by atoms with Crippen LogP contribution in [0.15, 0.2) is 18.2 Å². The molecule has 0 radical (unpaired) electrons. The van der Waals surface area contributed by atoms with Crippen LogP contribution in [0, 0.1) is 15.9 Å². The number of piperidine rings is 1. The van der Waals surface area contributed by atoms with Crippen LogP contribution in [0.25, 0.3) is 0 Å². The van der Waals surface area contributed by atoms with Crippen LogP contribution in [0.3, 0.4) is 0 Å². The maximum atomic E-state index is 12.8. The maximum absolute atomic E-state index is 12.8. The first kappa shape index (κ1) is 15.3. The van der Waals surface area contributed by atoms with Crippen LogP contribution in [0.1, 0.15) is 60.9 Å². The fourth-order valence-electron chi connectivity index (χ4n) is 3.97. The summed E-state index contributed by atoms with van der Waals surface area (Å²) in [5.74, 6) is 0.230. The van der Waals surface area contributed by atoms with Crippen LogP contribution in [-0.4, -0.2) is 23.9 Å². The second kappa shape index (κ2) is 6.27. The van der Waals surface area contributed by atoms with Gasteiger partial charge in [0.15, 0.2) is 0 Å². The van der Waals surface area contributed by atoms with Crippen molar-refractivity contribution in [3.63, 3.8) is 0 Å². The van der Waals surface area contributed by atoms with Crippen LogP contribution in [0.4, 0.5) is 0 Å². The molecule has 1 saturated carbocycles. The minimum absolute atomic E-state index is 0.230. The van der Waals surface area contributed by atoms with E-state index in [-0.39, 0.29) is 5.91 Å². The number of rotatable bonds is 1. The van der Waals surface area contributed by atoms with Crippen molar-refractivity contribution in [3.05, 3.63) is 32.9 Å². The molecule has 1 amide bonds. The molecule has 21 heavy (non-hydrogen) atoms. The summed E-state index contributed by atoms with van der Waals surface area (Å²) in [6.07, 6.45) is 9.38. The van der Waals surface area contributed by atoms with Crippen LogP contribution in [-0.2, 0) is 0 Å². The van der Waals surface area contributed by atoms with Crippen molar-refractivity contribution in [2.45, 2.75) is 51.9 Å². The Morgan fingerprint density at radius 3 is 2.43 bits per heavy atom. The summed E-state index contributed by atoms with van der Waals surface area (Å²) in [6.45, 7) is 3.97. The Kier molecular flexibility index (Phi) is 4.57. The van der Waals surface area contributed by atoms with E-state index in [1.54, 1.807) is 0 Å². The minimum Gasteiger partial charge on any atom is -0.339 e. The molecule has 1 aromatic carbocycles. The highest BCUT2D eigenvalue weighted by atomic mass is 127. The average Bonchev–Trinajstić information content (AvgIpc) is 2.51. The molecule has 2 aliphatic rings. The Morgan fingerprint density at radius 2 is 1.76 bits per heavy atom. The molecule has 0 bridgehead atoms. The lowest BCUT2D eigenvalue weighted by Crippen LogP contribution is -2.44. The number of amides is 1. The third kappa shape index (κ3) is 3.13. The van der Waals surface area contributed by atoms with E-state index in [0.717, 1.165) is 22.2 Å². The van der Waals surface area contributed by atoms with Gasteiger partial charge in [-0.15, -0.1) is 0 Å². The van der Waals surface area contributed by atoms with E-state index in [1.165, 1.54) is 50.5 Å². The van der Waals surface area contributed by atoms with Gasteiger partial charge in [-0.1, -0.05) is 31.4 Å². The van der Waals surface area contributed by atoms with E-state index in [2.05, 4.69) is 40.5 Å². The number of aryl methyl sites for hydroxylation is 1. The predicted octanol–water partition coefficient (Wildman–Crippen LogP) is 4.79. The van der Waals surface area contributed by atoms with Crippen molar-refractivity contribution >= 4 is 28.5 Å². The van der Waals surface area contributed by atoms with Gasteiger partial charge >= 0.3 is 0 Å². The first-order valence-corrected chi connectivity index (χ1v) is 9.24. The molecule has 1 spiro atoms. The molecule has 1 aliphatic heterocycles. The predicted molar refractivity (Wildman–Crippen MR) is 94.6 cm³/mol. The van der Waals surface area contributed by atoms with E-state index in [4.69, 9.17) is 0 Å². The Labute approximate surface area is 141 Å². The highest BCUT2D eigenvalue weighted by molar-refractivity contribution is 14.1. The zero-order chi connectivity index (χ0) is 14.9. The number of carbonyl (C=O) groups excluding carboxylic acids is 1. The lowest BCUT2D eigenvalue weighted by molar-refractivity contribution is 0.0471. The lowest BCUT2D eigenvalue weighted by atomic mass is 9.68. The van der Waals surface area contributed by atoms with Gasteiger partial charge < -0.3 is 4.90 Å². The highest BCUT2D eigenvalue weighted by Crippen LogP contribution is 2.44. The normalized spacial score (nSPS) is 21.5. The van der Waals surface area contributed by atoms with Crippen molar-refractivity contribution in [3.8, 4) is 0 Å². The number of nitrogens with zero attached hydrogens (tertiary/aromatic N) is 1. The topological polar surface area (TPSA) is 20.3 Å². The molecule has 1 aromatic rings. The smallest absolute Gasteiger partial charge is 0.254 e. The van der Waals surface area contributed by atoms with Gasteiger partial charge in [-0.05, 0) is 72.2 Å². The second-order valence-corrected chi connectivity index (χ2v) is 7.87. The number of hydrogen-bond acceptors (Lipinski definition) is 1. The van der Waals surface area contributed by atoms with Gasteiger partial charge in [-0.25, -0.2) is 0 Å². The fraction of sp³-hybridized carbons (Fsp3) is 0.611. The SMILES string of the molecule is Cc1cccc(C(=O)N2CCC3(CCCCC3)CC2)c1I. The van der Waals surface area contributed by atoms with Gasteiger partial charge in [-0.3, -0.25) is 4.79 Å². The van der Waals surface area contributed by atoms with E-state index in [9.17, 15) is 4.79 Å². The third-order valence-electron chi connectivity index (χ3n) is 5.45. The largest absolute Gasteiger partial charge is 0.339 e. The van der Waals surface area contributed by atoms with Gasteiger partial charge in [0, 0.05) is 16.7 Å². The maximum Gasteiger partial charge on any atom is 0.254 e. The molecule has 3 rings (SSSR count). The molecule has 2 fully saturated rings. The molecule has 1 saturated heterocycles. The molecule has 1 heterocycles. The summed E-state index contributed by atoms with van der Waals surface area (Å²) < 4.78 is 1.11. The highest BCUT2D eigenvalue weighted by Gasteiger charge is 2.36. The van der Waals surface area contributed by atoms with Crippen molar-refractivity contribution in [2.75, 3.05) is 13.1 Å². The van der Waals surface area contributed by atoms with Crippen LogP contribution in [0.2, 0.25) is 0 Å². The van der Waals surface area contributed by atoms with Crippen molar-refractivity contribution in [1.29, 1.82) is 0 Å². The molecule has 0 aromatic heterocycles. The summed E-state index contributed by atoms with van der Waals surface area (Å²) in [7, 11) is 0. The zero-order valence-corrected chi connectivity index (χ0v) is 15.0. The molecule has 114 valence electrons. The van der Waals surface area contributed by atoms with Crippen molar-refractivity contribution in [2.24, 2.45) is 5.41 Å². The second-order valence-electron chi connectivity index (χ2n) is 6.79. The average molecular weight is 397 g/mol. The molecule has 0 atom stereocenters. The minimum atomic E-state index is 0.230. The first-order valence-electron chi connectivity index (χ1n) is 8.16. The van der Waals surface area contributed by atoms with E-state index < -0.39 is 0 Å². The van der Waals surface area contributed by atoms with Crippen molar-refractivity contribution < 1.29 is 4.79 Å². The molecule has 2 nitrogen and oxygen atoms in total. The molecular formula is C18H24INO. The summed E-state index contributed by atoms with van der Waals surface area (Å²) in [4.78, 5) is 14.8. The summed E-state index contributed by atoms with van der Waals surface area (Å²) in [5.41, 5.74) is 2.65. The zero-order valence-electron chi connectivity index (χ0n) is 12.8. The van der Waals surface area contributed by atoms with E-state index in [1.807, 2.05) is 12.1 Å². The Morgan fingerprint density at radius 1 is 1.10 bits per heavy atom. The molecular weight excluding hydrogens is 373 g/mol. The van der Waals surface area contributed by atoms with Gasteiger partial charge in [0.2, 0.25) is 0 Å². The summed E-state index contributed by atoms with van der Waals surface area (Å²) >= 11 is 2.31. The van der Waals surface area contributed by atoms with Crippen molar-refractivity contribution in [1.82, 2.24) is 4.90 Å². The fourth-order valence-corrected chi connectivity index (χ4v) is 4.56. The summed E-state index contributed by atoms with van der Waals surface area (Å²) in [5, 5.41) is 0. The van der Waals surface area contributed by atoms with Crippen LogP contribution < -0.4 is 0 Å². The van der Waals surface area contributed by atoms with E-state index in [0.29, 0.717) is 5.41 Å². The number of hydrogen-bond donors (Lipinski definition) is 0. The van der Waals surface area contributed by atoms with E-state index >= 15 is 0 Å². The standard InChI is InChI=1S/C18H24INO/c1-14-6-5-7-15(16(14)19)17(21)20-12-10-18(11-13-20)8-3-2-4-9-18/h5-7H,2-4,8-13H2,1H3. The van der Waals surface area contributed by atoms with Crippen LogP contribution in [0.5, 0.6) is 0 Å². The number of likely N-dealkylation sites (tertiary alicyclic amines) is 1. The van der Waals surface area contributed by atoms with Gasteiger partial charge in [0.25, 0.3) is 5.91 Å². The Bertz CT molecular complexity index is 524. The Hall–Kier alpha value is -0.580. The molecule has 3 heteroatoms. The third-order valence-corrected chi connectivity index (χ3v) is 6.88. The quantitative estimate of drug-likeness (QED) is 0.625. The molecule has 1 aliphatic carbocycles. The number of carbonyl (C=O) groups is 1. The summed E-state index contributed by atoms with van der Waals surface area (Å²) in [6, 6.07) is 6.05. The first-order chi connectivity index (χ1) is 10.1. The van der Waals surface area contributed by atoms with Gasteiger partial charge in [0.1, 0.15) is 0 Å². The lowest BCUT2D eigenvalue weighted by Gasteiger charge is -2.44. The number of halogens is 1. The molecule has 0 unspecified atom stereocenters. The van der Waals surface area contributed by atoms with Crippen LogP contribution >= 0.6 is 22.6 Å². The monoisotopic (exact) mass is 397 g/mol.